The van der Waals surface area contributed by atoms with Gasteiger partial charge in [-0.05, 0) is 22.4 Å². The van der Waals surface area contributed by atoms with Gasteiger partial charge >= 0.3 is 0 Å². The molecule has 3 rings (SSSR count). The highest BCUT2D eigenvalue weighted by Gasteiger charge is 2.37. The fourth-order valence-electron chi connectivity index (χ4n) is 2.81. The minimum absolute atomic E-state index is 0.126. The number of hydrogen-bond acceptors (Lipinski definition) is 1. The summed E-state index contributed by atoms with van der Waals surface area (Å²) in [5.41, 5.74) is 3.20. The summed E-state index contributed by atoms with van der Waals surface area (Å²) in [6.45, 7) is 4.37. The zero-order chi connectivity index (χ0) is 12.9. The predicted octanol–water partition coefficient (Wildman–Crippen LogP) is 4.09. The van der Waals surface area contributed by atoms with Crippen molar-refractivity contribution < 1.29 is 0 Å². The summed E-state index contributed by atoms with van der Waals surface area (Å²) in [6, 6.07) is 12.6. The quantitative estimate of drug-likeness (QED) is 0.555. The molecule has 0 spiro atoms. The summed E-state index contributed by atoms with van der Waals surface area (Å²) in [7, 11) is 5.98. The van der Waals surface area contributed by atoms with Crippen LogP contribution in [0.25, 0.3) is 10.8 Å². The topological polar surface area (TPSA) is 12.4 Å². The molecule has 0 N–H and O–H groups in total. The van der Waals surface area contributed by atoms with Crippen molar-refractivity contribution >= 4 is 45.9 Å². The summed E-state index contributed by atoms with van der Waals surface area (Å²) in [5, 5.41) is 2.52. The van der Waals surface area contributed by atoms with Crippen molar-refractivity contribution in [3.8, 4) is 0 Å². The third kappa shape index (κ3) is 1.57. The third-order valence-electron chi connectivity index (χ3n) is 3.67. The average Bonchev–Trinajstić information content (AvgIpc) is 2.61. The van der Waals surface area contributed by atoms with E-state index < -0.39 is 0 Å². The van der Waals surface area contributed by atoms with E-state index in [1.54, 1.807) is 0 Å². The molecular weight excluding hydrogens is 285 g/mol. The van der Waals surface area contributed by atoms with Gasteiger partial charge in [0.15, 0.2) is 0 Å². The Bertz CT molecular complexity index is 659. The summed E-state index contributed by atoms with van der Waals surface area (Å²) >= 11 is 3.45. The van der Waals surface area contributed by atoms with Crippen LogP contribution in [0.5, 0.6) is 0 Å². The standard InChI is InChI=1S/C15H13BBrN/c1-15(2)12-10-6-4-3-5-9(10)7-8-11(12)18-13(15)14(16)17/h3-8,14H,1-2H3. The van der Waals surface area contributed by atoms with E-state index in [0.717, 1.165) is 11.4 Å². The lowest BCUT2D eigenvalue weighted by molar-refractivity contribution is 0.739. The van der Waals surface area contributed by atoms with E-state index in [1.807, 2.05) is 0 Å². The molecule has 0 amide bonds. The zero-order valence-electron chi connectivity index (χ0n) is 10.4. The first-order chi connectivity index (χ1) is 8.51. The maximum atomic E-state index is 5.98. The maximum absolute atomic E-state index is 5.98. The van der Waals surface area contributed by atoms with Crippen LogP contribution in [0, 0.1) is 0 Å². The van der Waals surface area contributed by atoms with Crippen LogP contribution < -0.4 is 0 Å². The molecule has 1 nitrogen and oxygen atoms in total. The second kappa shape index (κ2) is 3.96. The van der Waals surface area contributed by atoms with Crippen LogP contribution in [0.4, 0.5) is 5.69 Å². The monoisotopic (exact) mass is 297 g/mol. The molecule has 0 aliphatic carbocycles. The Balaban J connectivity index is 2.33. The Labute approximate surface area is 117 Å². The SMILES string of the molecule is [B]C(Br)C1=Nc2ccc3ccccc3c2C1(C)C. The van der Waals surface area contributed by atoms with Crippen LogP contribution in [0.2, 0.25) is 0 Å². The van der Waals surface area contributed by atoms with Crippen molar-refractivity contribution in [2.45, 2.75) is 24.0 Å². The van der Waals surface area contributed by atoms with Gasteiger partial charge in [0, 0.05) is 15.9 Å². The third-order valence-corrected chi connectivity index (χ3v) is 4.11. The van der Waals surface area contributed by atoms with Crippen LogP contribution in [0.15, 0.2) is 41.4 Å². The van der Waals surface area contributed by atoms with Gasteiger partial charge in [0.1, 0.15) is 0 Å². The van der Waals surface area contributed by atoms with Crippen molar-refractivity contribution in [3.63, 3.8) is 0 Å². The number of rotatable bonds is 1. The van der Waals surface area contributed by atoms with Crippen molar-refractivity contribution in [2.75, 3.05) is 0 Å². The second-order valence-electron chi connectivity index (χ2n) is 5.20. The van der Waals surface area contributed by atoms with Crippen LogP contribution in [0.1, 0.15) is 19.4 Å². The van der Waals surface area contributed by atoms with E-state index in [-0.39, 0.29) is 10.1 Å². The van der Waals surface area contributed by atoms with Gasteiger partial charge in [-0.1, -0.05) is 60.1 Å². The van der Waals surface area contributed by atoms with E-state index in [4.69, 9.17) is 12.8 Å². The average molecular weight is 298 g/mol. The number of halogens is 1. The van der Waals surface area contributed by atoms with Crippen LogP contribution in [-0.2, 0) is 5.41 Å². The first-order valence-corrected chi connectivity index (χ1v) is 6.94. The molecular formula is C15H13BBrN. The molecule has 0 aromatic heterocycles. The molecule has 1 aliphatic rings. The van der Waals surface area contributed by atoms with Gasteiger partial charge in [-0.25, -0.2) is 0 Å². The molecule has 0 saturated carbocycles. The van der Waals surface area contributed by atoms with Crippen LogP contribution in [0.3, 0.4) is 0 Å². The fraction of sp³-hybridized carbons (Fsp3) is 0.267. The predicted molar refractivity (Wildman–Crippen MR) is 82.5 cm³/mol. The number of nitrogens with zero attached hydrogens (tertiary/aromatic N) is 1. The molecule has 1 atom stereocenters. The van der Waals surface area contributed by atoms with Crippen molar-refractivity contribution in [1.82, 2.24) is 0 Å². The molecule has 0 saturated heterocycles. The fourth-order valence-corrected chi connectivity index (χ4v) is 3.49. The maximum Gasteiger partial charge on any atom is 0.0937 e. The van der Waals surface area contributed by atoms with Gasteiger partial charge in [0.2, 0.25) is 0 Å². The minimum atomic E-state index is -0.196. The van der Waals surface area contributed by atoms with Gasteiger partial charge in [0.25, 0.3) is 0 Å². The van der Waals surface area contributed by atoms with Crippen LogP contribution in [-0.4, -0.2) is 18.3 Å². The summed E-state index contributed by atoms with van der Waals surface area (Å²) < 4.78 is -0.196. The smallest absolute Gasteiger partial charge is 0.0937 e. The second-order valence-corrected chi connectivity index (χ2v) is 6.19. The molecule has 1 aliphatic heterocycles. The van der Waals surface area contributed by atoms with E-state index in [1.165, 1.54) is 16.3 Å². The number of benzene rings is 2. The number of fused-ring (bicyclic) bond motifs is 3. The van der Waals surface area contributed by atoms with Gasteiger partial charge in [0.05, 0.1) is 13.5 Å². The van der Waals surface area contributed by atoms with Crippen LogP contribution >= 0.6 is 15.9 Å². The van der Waals surface area contributed by atoms with Gasteiger partial charge in [-0.3, -0.25) is 4.99 Å². The van der Waals surface area contributed by atoms with E-state index in [9.17, 15) is 0 Å². The van der Waals surface area contributed by atoms with Gasteiger partial charge in [-0.2, -0.15) is 0 Å². The first kappa shape index (κ1) is 12.0. The molecule has 18 heavy (non-hydrogen) atoms. The van der Waals surface area contributed by atoms with E-state index in [0.29, 0.717) is 0 Å². The zero-order valence-corrected chi connectivity index (χ0v) is 12.0. The first-order valence-electron chi connectivity index (χ1n) is 6.03. The number of aliphatic imine (C=N–C) groups is 1. The van der Waals surface area contributed by atoms with Crippen molar-refractivity contribution in [3.05, 3.63) is 42.0 Å². The highest BCUT2D eigenvalue weighted by Crippen LogP contribution is 2.45. The Hall–Kier alpha value is -1.09. The molecule has 2 aromatic rings. The molecule has 3 heteroatoms. The van der Waals surface area contributed by atoms with E-state index >= 15 is 0 Å². The molecule has 0 bridgehead atoms. The molecule has 88 valence electrons. The lowest BCUT2D eigenvalue weighted by atomic mass is 9.75. The molecule has 0 fully saturated rings. The Morgan fingerprint density at radius 3 is 2.61 bits per heavy atom. The molecule has 2 aromatic carbocycles. The molecule has 1 unspecified atom stereocenters. The van der Waals surface area contributed by atoms with Crippen molar-refractivity contribution in [1.29, 1.82) is 0 Å². The highest BCUT2D eigenvalue weighted by atomic mass is 79.9. The van der Waals surface area contributed by atoms with Crippen molar-refractivity contribution in [2.24, 2.45) is 4.99 Å². The highest BCUT2D eigenvalue weighted by molar-refractivity contribution is 9.10. The summed E-state index contributed by atoms with van der Waals surface area (Å²) in [6.07, 6.45) is 0. The normalized spacial score (nSPS) is 18.5. The number of hydrogen-bond donors (Lipinski definition) is 0. The lowest BCUT2D eigenvalue weighted by Crippen LogP contribution is -2.32. The van der Waals surface area contributed by atoms with E-state index in [2.05, 4.69) is 66.2 Å². The number of alkyl halides is 1. The minimum Gasteiger partial charge on any atom is -0.256 e. The molecule has 1 heterocycles. The Morgan fingerprint density at radius 2 is 1.89 bits per heavy atom. The lowest BCUT2D eigenvalue weighted by Gasteiger charge is -2.25. The van der Waals surface area contributed by atoms with Gasteiger partial charge < -0.3 is 0 Å². The summed E-state index contributed by atoms with van der Waals surface area (Å²) in [4.78, 5) is 4.70. The largest absolute Gasteiger partial charge is 0.256 e. The Morgan fingerprint density at radius 1 is 1.17 bits per heavy atom. The Kier molecular flexibility index (Phi) is 2.63. The van der Waals surface area contributed by atoms with Gasteiger partial charge in [-0.15, -0.1) is 0 Å². The summed E-state index contributed by atoms with van der Waals surface area (Å²) in [5.74, 6) is 0. The molecule has 2 radical (unpaired) electrons.